The average molecular weight is 123 g/mol. The van der Waals surface area contributed by atoms with Gasteiger partial charge in [0, 0.05) is 6.20 Å². The molecule has 2 heterocycles. The number of hydrazine groups is 1. The van der Waals surface area contributed by atoms with Crippen LogP contribution in [0.4, 0.5) is 0 Å². The number of nitrogens with one attached hydrogen (secondary N) is 2. The van der Waals surface area contributed by atoms with Gasteiger partial charge in [0.2, 0.25) is 0 Å². The van der Waals surface area contributed by atoms with Crippen molar-refractivity contribution >= 4 is 0 Å². The molecule has 9 heavy (non-hydrogen) atoms. The Hall–Kier alpha value is -0.800. The van der Waals surface area contributed by atoms with Crippen molar-refractivity contribution in [1.29, 1.82) is 0 Å². The van der Waals surface area contributed by atoms with E-state index < -0.39 is 0 Å². The number of hydrogen-bond acceptors (Lipinski definition) is 3. The Morgan fingerprint density at radius 1 is 1.44 bits per heavy atom. The van der Waals surface area contributed by atoms with Gasteiger partial charge in [0.25, 0.3) is 0 Å². The van der Waals surface area contributed by atoms with Crippen LogP contribution in [0.5, 0.6) is 0 Å². The largest absolute Gasteiger partial charge is 0.344 e. The smallest absolute Gasteiger partial charge is 0.112 e. The summed E-state index contributed by atoms with van der Waals surface area (Å²) in [6.07, 6.45) is 8.62. The highest BCUT2D eigenvalue weighted by molar-refractivity contribution is 5.13. The molecule has 0 radical (unpaired) electrons. The quantitative estimate of drug-likeness (QED) is 0.465. The molecule has 2 aliphatic heterocycles. The predicted molar refractivity (Wildman–Crippen MR) is 35.0 cm³/mol. The monoisotopic (exact) mass is 123 g/mol. The van der Waals surface area contributed by atoms with Crippen LogP contribution < -0.4 is 10.9 Å². The van der Waals surface area contributed by atoms with Gasteiger partial charge >= 0.3 is 0 Å². The van der Waals surface area contributed by atoms with E-state index in [2.05, 4.69) is 28.0 Å². The molecule has 0 bridgehead atoms. The van der Waals surface area contributed by atoms with Gasteiger partial charge in [-0.1, -0.05) is 6.08 Å². The molecule has 0 aromatic rings. The molecule has 1 atom stereocenters. The molecule has 1 saturated heterocycles. The van der Waals surface area contributed by atoms with Gasteiger partial charge in [-0.25, -0.2) is 10.9 Å². The zero-order valence-electron chi connectivity index (χ0n) is 5.04. The first kappa shape index (κ1) is 5.02. The second kappa shape index (κ2) is 1.86. The lowest BCUT2D eigenvalue weighted by Gasteiger charge is -2.19. The third-order valence-corrected chi connectivity index (χ3v) is 1.55. The van der Waals surface area contributed by atoms with Crippen molar-refractivity contribution in [3.05, 3.63) is 24.4 Å². The molecule has 3 nitrogen and oxygen atoms in total. The highest BCUT2D eigenvalue weighted by Crippen LogP contribution is 2.06. The molecule has 1 unspecified atom stereocenters. The zero-order valence-corrected chi connectivity index (χ0v) is 5.04. The van der Waals surface area contributed by atoms with Crippen molar-refractivity contribution in [2.75, 3.05) is 6.67 Å². The van der Waals surface area contributed by atoms with Gasteiger partial charge < -0.3 is 4.90 Å². The van der Waals surface area contributed by atoms with E-state index in [0.29, 0.717) is 6.17 Å². The highest BCUT2D eigenvalue weighted by Gasteiger charge is 2.18. The Labute approximate surface area is 54.0 Å². The van der Waals surface area contributed by atoms with Crippen LogP contribution in [0.2, 0.25) is 0 Å². The summed E-state index contributed by atoms with van der Waals surface area (Å²) in [4.78, 5) is 2.18. The second-order valence-electron chi connectivity index (χ2n) is 2.16. The summed E-state index contributed by atoms with van der Waals surface area (Å²) in [6, 6.07) is 0. The average Bonchev–Trinajstić information content (AvgIpc) is 2.33. The normalized spacial score (nSPS) is 31.1. The third-order valence-electron chi connectivity index (χ3n) is 1.55. The predicted octanol–water partition coefficient (Wildman–Crippen LogP) is -0.237. The minimum absolute atomic E-state index is 0.370. The Morgan fingerprint density at radius 3 is 3.33 bits per heavy atom. The van der Waals surface area contributed by atoms with Crippen LogP contribution in [0.15, 0.2) is 24.4 Å². The van der Waals surface area contributed by atoms with Crippen molar-refractivity contribution in [2.45, 2.75) is 6.17 Å². The summed E-state index contributed by atoms with van der Waals surface area (Å²) in [5.74, 6) is 0. The Morgan fingerprint density at radius 2 is 2.44 bits per heavy atom. The van der Waals surface area contributed by atoms with Crippen molar-refractivity contribution < 1.29 is 0 Å². The summed E-state index contributed by atoms with van der Waals surface area (Å²) >= 11 is 0. The summed E-state index contributed by atoms with van der Waals surface area (Å²) in [5, 5.41) is 0. The van der Waals surface area contributed by atoms with Crippen molar-refractivity contribution in [3.63, 3.8) is 0 Å². The van der Waals surface area contributed by atoms with E-state index in [1.165, 1.54) is 0 Å². The first-order chi connectivity index (χ1) is 4.47. The van der Waals surface area contributed by atoms with E-state index >= 15 is 0 Å². The summed E-state index contributed by atoms with van der Waals surface area (Å²) < 4.78 is 0. The molecule has 48 valence electrons. The molecule has 0 amide bonds. The topological polar surface area (TPSA) is 27.3 Å². The number of nitrogens with zero attached hydrogens (tertiary/aromatic N) is 1. The van der Waals surface area contributed by atoms with E-state index in [9.17, 15) is 0 Å². The number of fused-ring (bicyclic) bond motifs is 1. The molecule has 3 heteroatoms. The molecular formula is C6H9N3. The van der Waals surface area contributed by atoms with Gasteiger partial charge in [-0.15, -0.1) is 0 Å². The SMILES string of the molecule is C1=CC2NNCN2C=C1. The van der Waals surface area contributed by atoms with Crippen LogP contribution in [0.3, 0.4) is 0 Å². The Balaban J connectivity index is 2.18. The summed E-state index contributed by atoms with van der Waals surface area (Å²) in [6.45, 7) is 0.894. The minimum atomic E-state index is 0.370. The number of allylic oxidation sites excluding steroid dienone is 2. The van der Waals surface area contributed by atoms with Crippen LogP contribution in [-0.2, 0) is 0 Å². The molecular weight excluding hydrogens is 114 g/mol. The van der Waals surface area contributed by atoms with Crippen molar-refractivity contribution in [3.8, 4) is 0 Å². The Bertz CT molecular complexity index is 144. The van der Waals surface area contributed by atoms with E-state index in [1.807, 2.05) is 12.2 Å². The molecule has 2 rings (SSSR count). The minimum Gasteiger partial charge on any atom is -0.344 e. The molecule has 0 aromatic carbocycles. The van der Waals surface area contributed by atoms with Crippen molar-refractivity contribution in [1.82, 2.24) is 15.8 Å². The summed E-state index contributed by atoms with van der Waals surface area (Å²) in [7, 11) is 0. The number of rotatable bonds is 0. The van der Waals surface area contributed by atoms with E-state index in [1.54, 1.807) is 0 Å². The van der Waals surface area contributed by atoms with Crippen LogP contribution in [-0.4, -0.2) is 17.7 Å². The third kappa shape index (κ3) is 0.742. The molecule has 0 spiro atoms. The fraction of sp³-hybridized carbons (Fsp3) is 0.333. The lowest BCUT2D eigenvalue weighted by Crippen LogP contribution is -2.32. The van der Waals surface area contributed by atoms with E-state index in [4.69, 9.17) is 0 Å². The maximum Gasteiger partial charge on any atom is 0.112 e. The molecule has 1 fully saturated rings. The molecule has 0 aliphatic carbocycles. The van der Waals surface area contributed by atoms with E-state index in [0.717, 1.165) is 6.67 Å². The molecule has 2 aliphatic rings. The van der Waals surface area contributed by atoms with Crippen LogP contribution >= 0.6 is 0 Å². The van der Waals surface area contributed by atoms with Gasteiger partial charge in [0.1, 0.15) is 6.17 Å². The lowest BCUT2D eigenvalue weighted by atomic mass is 10.3. The second-order valence-corrected chi connectivity index (χ2v) is 2.16. The zero-order chi connectivity index (χ0) is 6.10. The van der Waals surface area contributed by atoms with Crippen LogP contribution in [0, 0.1) is 0 Å². The van der Waals surface area contributed by atoms with Gasteiger partial charge in [-0.05, 0) is 12.2 Å². The van der Waals surface area contributed by atoms with Crippen molar-refractivity contribution in [2.24, 2.45) is 0 Å². The fourth-order valence-corrected chi connectivity index (χ4v) is 1.06. The van der Waals surface area contributed by atoms with Crippen LogP contribution in [0.25, 0.3) is 0 Å². The van der Waals surface area contributed by atoms with E-state index in [-0.39, 0.29) is 0 Å². The fourth-order valence-electron chi connectivity index (χ4n) is 1.06. The van der Waals surface area contributed by atoms with Gasteiger partial charge in [-0.2, -0.15) is 0 Å². The Kier molecular flexibility index (Phi) is 1.04. The lowest BCUT2D eigenvalue weighted by molar-refractivity contribution is 0.381. The molecule has 0 saturated carbocycles. The molecule has 2 N–H and O–H groups in total. The van der Waals surface area contributed by atoms with Gasteiger partial charge in [0.15, 0.2) is 0 Å². The maximum atomic E-state index is 3.10. The van der Waals surface area contributed by atoms with Gasteiger partial charge in [0.05, 0.1) is 6.67 Å². The number of hydrogen-bond donors (Lipinski definition) is 2. The summed E-state index contributed by atoms with van der Waals surface area (Å²) in [5.41, 5.74) is 6.13. The van der Waals surface area contributed by atoms with Gasteiger partial charge in [-0.3, -0.25) is 0 Å². The highest BCUT2D eigenvalue weighted by atomic mass is 15.6. The standard InChI is InChI=1S/C6H9N3/c1-2-4-9-5-7-8-6(9)3-1/h1-4,6-8H,5H2. The van der Waals surface area contributed by atoms with Crippen LogP contribution in [0.1, 0.15) is 0 Å². The first-order valence-corrected chi connectivity index (χ1v) is 3.06. The maximum absolute atomic E-state index is 3.10. The first-order valence-electron chi connectivity index (χ1n) is 3.06. The molecule has 0 aromatic heterocycles.